The molecule has 134 valence electrons. The number of benzene rings is 1. The van der Waals surface area contributed by atoms with Gasteiger partial charge in [0.05, 0.1) is 22.8 Å². The van der Waals surface area contributed by atoms with Crippen molar-refractivity contribution in [2.45, 2.75) is 26.8 Å². The summed E-state index contributed by atoms with van der Waals surface area (Å²) in [5, 5.41) is 6.48. The van der Waals surface area contributed by atoms with Gasteiger partial charge in [0, 0.05) is 25.6 Å². The first-order chi connectivity index (χ1) is 11.8. The highest BCUT2D eigenvalue weighted by molar-refractivity contribution is 6.33. The van der Waals surface area contributed by atoms with Gasteiger partial charge in [-0.1, -0.05) is 16.8 Å². The van der Waals surface area contributed by atoms with E-state index >= 15 is 0 Å². The molecule has 0 aliphatic carbocycles. The second-order valence-electron chi connectivity index (χ2n) is 5.68. The Morgan fingerprint density at radius 2 is 2.08 bits per heavy atom. The fourth-order valence-electron chi connectivity index (χ4n) is 2.30. The number of hydrogen-bond acceptors (Lipinski definition) is 4. The number of rotatable bonds is 6. The van der Waals surface area contributed by atoms with Crippen LogP contribution < -0.4 is 5.32 Å². The predicted molar refractivity (Wildman–Crippen MR) is 90.8 cm³/mol. The van der Waals surface area contributed by atoms with Crippen molar-refractivity contribution in [3.63, 3.8) is 0 Å². The lowest BCUT2D eigenvalue weighted by Crippen LogP contribution is -2.32. The minimum absolute atomic E-state index is 0.0272. The lowest BCUT2D eigenvalue weighted by atomic mass is 10.2. The molecular formula is C17H19ClFN3O3. The van der Waals surface area contributed by atoms with E-state index in [1.807, 2.05) is 6.92 Å². The Morgan fingerprint density at radius 3 is 2.68 bits per heavy atom. The first-order valence-corrected chi connectivity index (χ1v) is 8.06. The Labute approximate surface area is 149 Å². The van der Waals surface area contributed by atoms with E-state index in [9.17, 15) is 14.0 Å². The number of aryl methyl sites for hydroxylation is 2. The van der Waals surface area contributed by atoms with Crippen molar-refractivity contribution in [2.24, 2.45) is 0 Å². The van der Waals surface area contributed by atoms with E-state index in [2.05, 4.69) is 10.5 Å². The number of carbonyl (C=O) groups excluding carboxylic acids is 2. The molecule has 0 aliphatic rings. The average molecular weight is 368 g/mol. The quantitative estimate of drug-likeness (QED) is 0.851. The zero-order chi connectivity index (χ0) is 18.6. The Kier molecular flexibility index (Phi) is 6.14. The molecule has 8 heteroatoms. The smallest absolute Gasteiger partial charge is 0.252 e. The maximum absolute atomic E-state index is 13.0. The van der Waals surface area contributed by atoms with E-state index in [0.29, 0.717) is 12.3 Å². The molecule has 1 N–H and O–H groups in total. The highest BCUT2D eigenvalue weighted by Gasteiger charge is 2.16. The van der Waals surface area contributed by atoms with Crippen LogP contribution in [-0.2, 0) is 11.3 Å². The molecule has 2 rings (SSSR count). The largest absolute Gasteiger partial charge is 0.361 e. The van der Waals surface area contributed by atoms with E-state index in [4.69, 9.17) is 16.1 Å². The molecular weight excluding hydrogens is 349 g/mol. The summed E-state index contributed by atoms with van der Waals surface area (Å²) in [7, 11) is 1.67. The predicted octanol–water partition coefficient (Wildman–Crippen LogP) is 2.86. The van der Waals surface area contributed by atoms with Gasteiger partial charge in [0.15, 0.2) is 0 Å². The van der Waals surface area contributed by atoms with E-state index in [0.717, 1.165) is 23.4 Å². The van der Waals surface area contributed by atoms with Crippen molar-refractivity contribution in [1.82, 2.24) is 15.4 Å². The molecule has 0 radical (unpaired) electrons. The molecule has 0 atom stereocenters. The highest BCUT2D eigenvalue weighted by atomic mass is 35.5. The Morgan fingerprint density at radius 1 is 1.36 bits per heavy atom. The van der Waals surface area contributed by atoms with E-state index in [-0.39, 0.29) is 29.5 Å². The zero-order valence-electron chi connectivity index (χ0n) is 14.2. The third kappa shape index (κ3) is 4.79. The normalized spacial score (nSPS) is 10.6. The number of hydrogen-bond donors (Lipinski definition) is 1. The number of nitrogens with one attached hydrogen (secondary N) is 1. The van der Waals surface area contributed by atoms with Gasteiger partial charge in [0.2, 0.25) is 5.91 Å². The number of aromatic nitrogens is 1. The summed E-state index contributed by atoms with van der Waals surface area (Å²) in [6.45, 7) is 4.15. The van der Waals surface area contributed by atoms with Crippen molar-refractivity contribution in [2.75, 3.05) is 13.6 Å². The monoisotopic (exact) mass is 367 g/mol. The van der Waals surface area contributed by atoms with Crippen molar-refractivity contribution < 1.29 is 18.5 Å². The van der Waals surface area contributed by atoms with Crippen LogP contribution in [0.25, 0.3) is 0 Å². The van der Waals surface area contributed by atoms with Crippen LogP contribution in [0.4, 0.5) is 4.39 Å². The molecule has 0 saturated carbocycles. The summed E-state index contributed by atoms with van der Waals surface area (Å²) in [5.74, 6) is -0.425. The first kappa shape index (κ1) is 18.9. The lowest BCUT2D eigenvalue weighted by molar-refractivity contribution is -0.130. The fraction of sp³-hybridized carbons (Fsp3) is 0.353. The molecule has 0 fully saturated rings. The number of nitrogens with zero attached hydrogens (tertiary/aromatic N) is 2. The van der Waals surface area contributed by atoms with Crippen LogP contribution in [0, 0.1) is 19.7 Å². The van der Waals surface area contributed by atoms with Gasteiger partial charge in [-0.25, -0.2) is 4.39 Å². The van der Waals surface area contributed by atoms with Gasteiger partial charge in [-0.05, 0) is 32.0 Å². The van der Waals surface area contributed by atoms with Crippen LogP contribution in [0.1, 0.15) is 33.8 Å². The molecule has 0 bridgehead atoms. The molecule has 0 unspecified atom stereocenters. The summed E-state index contributed by atoms with van der Waals surface area (Å²) in [6.07, 6.45) is 0.129. The topological polar surface area (TPSA) is 75.4 Å². The first-order valence-electron chi connectivity index (χ1n) is 7.68. The maximum atomic E-state index is 13.0. The molecule has 0 aliphatic heterocycles. The summed E-state index contributed by atoms with van der Waals surface area (Å²) in [4.78, 5) is 25.7. The van der Waals surface area contributed by atoms with Gasteiger partial charge in [-0.2, -0.15) is 0 Å². The van der Waals surface area contributed by atoms with Crippen molar-refractivity contribution in [3.05, 3.63) is 51.6 Å². The lowest BCUT2D eigenvalue weighted by Gasteiger charge is -2.17. The molecule has 6 nitrogen and oxygen atoms in total. The molecule has 0 spiro atoms. The molecule has 2 amide bonds. The van der Waals surface area contributed by atoms with Crippen LogP contribution in [-0.4, -0.2) is 35.5 Å². The molecule has 1 aromatic carbocycles. The minimum atomic E-state index is -0.516. The number of amides is 2. The van der Waals surface area contributed by atoms with Gasteiger partial charge in [-0.3, -0.25) is 9.59 Å². The van der Waals surface area contributed by atoms with Crippen molar-refractivity contribution in [3.8, 4) is 0 Å². The van der Waals surface area contributed by atoms with E-state index < -0.39 is 11.7 Å². The van der Waals surface area contributed by atoms with Gasteiger partial charge in [0.25, 0.3) is 5.91 Å². The molecule has 25 heavy (non-hydrogen) atoms. The van der Waals surface area contributed by atoms with Gasteiger partial charge >= 0.3 is 0 Å². The van der Waals surface area contributed by atoms with Crippen LogP contribution in [0.5, 0.6) is 0 Å². The molecule has 1 aromatic heterocycles. The Hall–Kier alpha value is -2.41. The highest BCUT2D eigenvalue weighted by Crippen LogP contribution is 2.17. The van der Waals surface area contributed by atoms with Crippen molar-refractivity contribution >= 4 is 23.4 Å². The van der Waals surface area contributed by atoms with Gasteiger partial charge < -0.3 is 14.7 Å². The SMILES string of the molecule is Cc1noc(C)c1CN(C)C(=O)CCNC(=O)c1ccc(F)cc1Cl. The van der Waals surface area contributed by atoms with Crippen LogP contribution in [0.2, 0.25) is 5.02 Å². The number of halogens is 2. The van der Waals surface area contributed by atoms with Gasteiger partial charge in [-0.15, -0.1) is 0 Å². The second kappa shape index (κ2) is 8.11. The third-order valence-corrected chi connectivity index (χ3v) is 4.12. The van der Waals surface area contributed by atoms with Crippen LogP contribution in [0.3, 0.4) is 0 Å². The number of carbonyl (C=O) groups is 2. The fourth-order valence-corrected chi connectivity index (χ4v) is 2.55. The Bertz CT molecular complexity index is 772. The van der Waals surface area contributed by atoms with E-state index in [1.165, 1.54) is 6.07 Å². The third-order valence-electron chi connectivity index (χ3n) is 3.80. The van der Waals surface area contributed by atoms with E-state index in [1.54, 1.807) is 18.9 Å². The zero-order valence-corrected chi connectivity index (χ0v) is 15.0. The van der Waals surface area contributed by atoms with Crippen molar-refractivity contribution in [1.29, 1.82) is 0 Å². The minimum Gasteiger partial charge on any atom is -0.361 e. The molecule has 1 heterocycles. The summed E-state index contributed by atoms with van der Waals surface area (Å²) in [6, 6.07) is 3.53. The maximum Gasteiger partial charge on any atom is 0.252 e. The van der Waals surface area contributed by atoms with Gasteiger partial charge in [0.1, 0.15) is 11.6 Å². The summed E-state index contributed by atoms with van der Waals surface area (Å²) >= 11 is 5.83. The van der Waals surface area contributed by atoms with Crippen LogP contribution in [0.15, 0.2) is 22.7 Å². The molecule has 2 aromatic rings. The summed E-state index contributed by atoms with van der Waals surface area (Å²) < 4.78 is 18.1. The standard InChI is InChI=1S/C17H19ClFN3O3/c1-10-14(11(2)25-21-10)9-22(3)16(23)6-7-20-17(24)13-5-4-12(19)8-15(13)18/h4-5,8H,6-7,9H2,1-3H3,(H,20,24). The van der Waals surface area contributed by atoms with Crippen LogP contribution >= 0.6 is 11.6 Å². The molecule has 0 saturated heterocycles. The summed E-state index contributed by atoms with van der Waals surface area (Å²) in [5.41, 5.74) is 1.79. The average Bonchev–Trinajstić information content (AvgIpc) is 2.86. The second-order valence-corrected chi connectivity index (χ2v) is 6.09. The Balaban J connectivity index is 1.84.